The highest BCUT2D eigenvalue weighted by Crippen LogP contribution is 2.37. The summed E-state index contributed by atoms with van der Waals surface area (Å²) >= 11 is 0. The summed E-state index contributed by atoms with van der Waals surface area (Å²) in [6.07, 6.45) is 4.83. The number of nitrogens with zero attached hydrogens (tertiary/aromatic N) is 2. The SMILES string of the molecule is CCN(CC1CCCNC1)c1cc(=O)[nH]c(C2CC2)n1. The third-order valence-corrected chi connectivity index (χ3v) is 4.29. The summed E-state index contributed by atoms with van der Waals surface area (Å²) in [5.41, 5.74) is -0.0166. The second-order valence-electron chi connectivity index (χ2n) is 6.01. The molecule has 110 valence electrons. The Morgan fingerprint density at radius 1 is 1.40 bits per heavy atom. The van der Waals surface area contributed by atoms with Gasteiger partial charge in [0.15, 0.2) is 0 Å². The van der Waals surface area contributed by atoms with Gasteiger partial charge in [-0.25, -0.2) is 4.98 Å². The van der Waals surface area contributed by atoms with E-state index in [1.807, 2.05) is 0 Å². The molecule has 0 amide bonds. The molecular formula is C15H24N4O. The monoisotopic (exact) mass is 276 g/mol. The van der Waals surface area contributed by atoms with E-state index >= 15 is 0 Å². The molecule has 5 nitrogen and oxygen atoms in total. The summed E-state index contributed by atoms with van der Waals surface area (Å²) in [5, 5.41) is 3.45. The van der Waals surface area contributed by atoms with Crippen LogP contribution in [-0.4, -0.2) is 36.1 Å². The van der Waals surface area contributed by atoms with E-state index in [0.717, 1.165) is 50.7 Å². The molecule has 1 saturated carbocycles. The van der Waals surface area contributed by atoms with Crippen LogP contribution in [0.25, 0.3) is 0 Å². The first-order valence-electron chi connectivity index (χ1n) is 7.83. The van der Waals surface area contributed by atoms with Gasteiger partial charge in [0, 0.05) is 25.1 Å². The van der Waals surface area contributed by atoms with Crippen LogP contribution in [0.3, 0.4) is 0 Å². The number of aromatic amines is 1. The summed E-state index contributed by atoms with van der Waals surface area (Å²) in [4.78, 5) is 21.6. The molecule has 3 rings (SSSR count). The average molecular weight is 276 g/mol. The van der Waals surface area contributed by atoms with Gasteiger partial charge in [0.1, 0.15) is 11.6 Å². The Labute approximate surface area is 119 Å². The molecule has 2 aliphatic rings. The first-order chi connectivity index (χ1) is 9.76. The lowest BCUT2D eigenvalue weighted by molar-refractivity contribution is 0.377. The Kier molecular flexibility index (Phi) is 4.05. The molecule has 1 saturated heterocycles. The molecule has 0 spiro atoms. The van der Waals surface area contributed by atoms with E-state index in [4.69, 9.17) is 0 Å². The van der Waals surface area contributed by atoms with E-state index in [1.54, 1.807) is 6.07 Å². The number of rotatable bonds is 5. The molecule has 5 heteroatoms. The first-order valence-corrected chi connectivity index (χ1v) is 7.83. The van der Waals surface area contributed by atoms with Crippen LogP contribution in [0.5, 0.6) is 0 Å². The summed E-state index contributed by atoms with van der Waals surface area (Å²) in [7, 11) is 0. The first kappa shape index (κ1) is 13.6. The molecular weight excluding hydrogens is 252 g/mol. The predicted molar refractivity (Wildman–Crippen MR) is 80.3 cm³/mol. The topological polar surface area (TPSA) is 61.0 Å². The lowest BCUT2D eigenvalue weighted by Crippen LogP contribution is -2.39. The molecule has 1 atom stereocenters. The molecule has 2 fully saturated rings. The summed E-state index contributed by atoms with van der Waals surface area (Å²) < 4.78 is 0. The molecule has 0 bridgehead atoms. The Morgan fingerprint density at radius 2 is 2.25 bits per heavy atom. The molecule has 2 heterocycles. The molecule has 0 radical (unpaired) electrons. The van der Waals surface area contributed by atoms with E-state index in [0.29, 0.717) is 11.8 Å². The van der Waals surface area contributed by atoms with Gasteiger partial charge in [-0.3, -0.25) is 4.79 Å². The van der Waals surface area contributed by atoms with Crippen LogP contribution in [0.4, 0.5) is 5.82 Å². The minimum atomic E-state index is -0.0166. The van der Waals surface area contributed by atoms with E-state index < -0.39 is 0 Å². The Balaban J connectivity index is 1.75. The minimum absolute atomic E-state index is 0.0166. The standard InChI is InChI=1S/C15H24N4O/c1-2-19(10-11-4-3-7-16-9-11)13-8-14(20)18-15(17-13)12-5-6-12/h8,11-12,16H,2-7,9-10H2,1H3,(H,17,18,20). The molecule has 1 aromatic heterocycles. The van der Waals surface area contributed by atoms with Gasteiger partial charge < -0.3 is 15.2 Å². The van der Waals surface area contributed by atoms with Crippen LogP contribution in [0.2, 0.25) is 0 Å². The van der Waals surface area contributed by atoms with Crippen LogP contribution < -0.4 is 15.8 Å². The van der Waals surface area contributed by atoms with Crippen molar-refractivity contribution in [2.75, 3.05) is 31.1 Å². The number of aromatic nitrogens is 2. The van der Waals surface area contributed by atoms with Gasteiger partial charge in [0.25, 0.3) is 5.56 Å². The lowest BCUT2D eigenvalue weighted by atomic mass is 9.99. The maximum Gasteiger partial charge on any atom is 0.252 e. The maximum atomic E-state index is 11.8. The van der Waals surface area contributed by atoms with Crippen LogP contribution in [0.1, 0.15) is 44.3 Å². The fourth-order valence-corrected chi connectivity index (χ4v) is 2.95. The third kappa shape index (κ3) is 3.20. The Morgan fingerprint density at radius 3 is 2.90 bits per heavy atom. The van der Waals surface area contributed by atoms with Crippen molar-refractivity contribution in [3.8, 4) is 0 Å². The van der Waals surface area contributed by atoms with Crippen LogP contribution in [0.15, 0.2) is 10.9 Å². The van der Waals surface area contributed by atoms with Gasteiger partial charge >= 0.3 is 0 Å². The zero-order valence-corrected chi connectivity index (χ0v) is 12.2. The van der Waals surface area contributed by atoms with Gasteiger partial charge in [-0.15, -0.1) is 0 Å². The molecule has 1 aliphatic heterocycles. The van der Waals surface area contributed by atoms with E-state index in [2.05, 4.69) is 27.1 Å². The lowest BCUT2D eigenvalue weighted by Gasteiger charge is -2.30. The van der Waals surface area contributed by atoms with Crippen molar-refractivity contribution >= 4 is 5.82 Å². The van der Waals surface area contributed by atoms with Crippen molar-refractivity contribution < 1.29 is 0 Å². The smallest absolute Gasteiger partial charge is 0.252 e. The highest BCUT2D eigenvalue weighted by atomic mass is 16.1. The average Bonchev–Trinajstić information content (AvgIpc) is 3.30. The largest absolute Gasteiger partial charge is 0.356 e. The van der Waals surface area contributed by atoms with E-state index in [9.17, 15) is 4.79 Å². The van der Waals surface area contributed by atoms with Gasteiger partial charge in [-0.2, -0.15) is 0 Å². The number of anilines is 1. The second kappa shape index (κ2) is 5.95. The third-order valence-electron chi connectivity index (χ3n) is 4.29. The van der Waals surface area contributed by atoms with Crippen molar-refractivity contribution in [1.29, 1.82) is 0 Å². The van der Waals surface area contributed by atoms with Crippen molar-refractivity contribution in [1.82, 2.24) is 15.3 Å². The van der Waals surface area contributed by atoms with Crippen molar-refractivity contribution in [3.63, 3.8) is 0 Å². The van der Waals surface area contributed by atoms with Crippen LogP contribution in [0, 0.1) is 5.92 Å². The van der Waals surface area contributed by atoms with Crippen molar-refractivity contribution in [2.45, 2.75) is 38.5 Å². The number of hydrogen-bond acceptors (Lipinski definition) is 4. The minimum Gasteiger partial charge on any atom is -0.356 e. The Bertz CT molecular complexity index is 503. The zero-order valence-electron chi connectivity index (χ0n) is 12.2. The van der Waals surface area contributed by atoms with Crippen molar-refractivity contribution in [3.05, 3.63) is 22.2 Å². The predicted octanol–water partition coefficient (Wildman–Crippen LogP) is 1.47. The molecule has 2 N–H and O–H groups in total. The Hall–Kier alpha value is -1.36. The fraction of sp³-hybridized carbons (Fsp3) is 0.733. The van der Waals surface area contributed by atoms with Gasteiger partial charge in [-0.05, 0) is 51.6 Å². The van der Waals surface area contributed by atoms with Gasteiger partial charge in [0.05, 0.1) is 0 Å². The van der Waals surface area contributed by atoms with Gasteiger partial charge in [0.2, 0.25) is 0 Å². The maximum absolute atomic E-state index is 11.8. The second-order valence-corrected chi connectivity index (χ2v) is 6.01. The molecule has 1 aromatic rings. The number of piperidine rings is 1. The van der Waals surface area contributed by atoms with E-state index in [1.165, 1.54) is 12.8 Å². The normalized spacial score (nSPS) is 22.8. The highest BCUT2D eigenvalue weighted by molar-refractivity contribution is 5.38. The summed E-state index contributed by atoms with van der Waals surface area (Å²) in [6, 6.07) is 1.64. The van der Waals surface area contributed by atoms with Crippen LogP contribution >= 0.6 is 0 Å². The zero-order chi connectivity index (χ0) is 13.9. The number of nitrogens with one attached hydrogen (secondary N) is 2. The van der Waals surface area contributed by atoms with Crippen molar-refractivity contribution in [2.24, 2.45) is 5.92 Å². The number of hydrogen-bond donors (Lipinski definition) is 2. The van der Waals surface area contributed by atoms with Crippen LogP contribution in [-0.2, 0) is 0 Å². The fourth-order valence-electron chi connectivity index (χ4n) is 2.95. The summed E-state index contributed by atoms with van der Waals surface area (Å²) in [6.45, 7) is 6.24. The molecule has 1 unspecified atom stereocenters. The molecule has 1 aliphatic carbocycles. The van der Waals surface area contributed by atoms with E-state index in [-0.39, 0.29) is 5.56 Å². The molecule has 20 heavy (non-hydrogen) atoms. The highest BCUT2D eigenvalue weighted by Gasteiger charge is 2.27. The number of H-pyrrole nitrogens is 1. The van der Waals surface area contributed by atoms with Gasteiger partial charge in [-0.1, -0.05) is 0 Å². The molecule has 0 aromatic carbocycles. The summed E-state index contributed by atoms with van der Waals surface area (Å²) in [5.74, 6) is 2.88. The quantitative estimate of drug-likeness (QED) is 0.855.